The minimum Gasteiger partial charge on any atom is -0.0591 e. The summed E-state index contributed by atoms with van der Waals surface area (Å²) >= 11 is 0.175. The van der Waals surface area contributed by atoms with Gasteiger partial charge in [-0.2, -0.15) is 0 Å². The third-order valence-electron chi connectivity index (χ3n) is 13.0. The molecule has 5 aliphatic rings. The van der Waals surface area contributed by atoms with Crippen molar-refractivity contribution >= 4 is 5.97 Å². The van der Waals surface area contributed by atoms with E-state index < -0.39 is 0 Å². The molecule has 4 fully saturated rings. The Hall–Kier alpha value is -0.0600. The minimum absolute atomic E-state index is 0.133. The fourth-order valence-corrected chi connectivity index (χ4v) is 13.7. The Bertz CT molecular complexity index is 869. The third-order valence-corrected chi connectivity index (χ3v) is 16.2. The molecule has 4 aliphatic carbocycles. The van der Waals surface area contributed by atoms with Gasteiger partial charge in [0.15, 0.2) is 0 Å². The van der Waals surface area contributed by atoms with Gasteiger partial charge in [0.2, 0.25) is 0 Å². The van der Waals surface area contributed by atoms with Crippen LogP contribution in [0.25, 0.3) is 0 Å². The van der Waals surface area contributed by atoms with Crippen molar-refractivity contribution in [1.29, 1.82) is 0 Å². The molecule has 2 unspecified atom stereocenters. The summed E-state index contributed by atoms with van der Waals surface area (Å²) in [6.45, 7) is 12.7. The molecule has 3 saturated carbocycles. The Morgan fingerprint density at radius 3 is 2.58 bits per heavy atom. The summed E-state index contributed by atoms with van der Waals surface area (Å²) in [7, 11) is 0. The second kappa shape index (κ2) is 13.7. The molecule has 1 saturated heterocycles. The van der Waals surface area contributed by atoms with Crippen LogP contribution in [0, 0.1) is 52.3 Å². The number of hydrogen-bond donors (Lipinski definition) is 0. The van der Waals surface area contributed by atoms with Crippen LogP contribution < -0.4 is 21.2 Å². The van der Waals surface area contributed by atoms with Crippen LogP contribution >= 0.6 is 0 Å². The number of alkyl halides is 2. The molecule has 0 aromatic rings. The van der Waals surface area contributed by atoms with Crippen molar-refractivity contribution in [2.75, 3.05) is 8.86 Å². The molecular weight excluding hydrogens is 603 g/mol. The van der Waals surface area contributed by atoms with Crippen LogP contribution in [-0.2, 0) is 9.53 Å². The molecule has 5 rings (SSSR count). The van der Waals surface area contributed by atoms with Gasteiger partial charge in [-0.25, -0.2) is 0 Å². The molecule has 2 nitrogen and oxygen atoms in total. The van der Waals surface area contributed by atoms with Gasteiger partial charge in [0.1, 0.15) is 0 Å². The summed E-state index contributed by atoms with van der Waals surface area (Å²) in [5.41, 5.74) is 2.57. The zero-order valence-electron chi connectivity index (χ0n) is 26.8. The summed E-state index contributed by atoms with van der Waals surface area (Å²) in [6, 6.07) is 0. The molecule has 9 atom stereocenters. The monoisotopic (exact) mass is 665 g/mol. The number of halogens is 1. The summed E-state index contributed by atoms with van der Waals surface area (Å²) in [5.74, 6) is 5.67. The molecule has 1 heterocycles. The molecule has 0 amide bonds. The smallest absolute Gasteiger partial charge is 0.0591 e. The zero-order chi connectivity index (χ0) is 28.3. The van der Waals surface area contributed by atoms with Crippen molar-refractivity contribution in [2.45, 2.75) is 150 Å². The van der Waals surface area contributed by atoms with E-state index in [4.69, 9.17) is 4.74 Å². The van der Waals surface area contributed by atoms with E-state index in [2.05, 4.69) is 40.7 Å². The Labute approximate surface area is 258 Å². The number of carbonyl (C=O) groups excluding carboxylic acids is 1. The van der Waals surface area contributed by atoms with Crippen LogP contribution in [0.3, 0.4) is 0 Å². The fraction of sp³-hybridized carbons (Fsp3) is 0.919. The third kappa shape index (κ3) is 6.69. The fourth-order valence-electron chi connectivity index (χ4n) is 10.6. The minimum atomic E-state index is 0.133. The zero-order valence-corrected chi connectivity index (χ0v) is 29.0. The second-order valence-electron chi connectivity index (χ2n) is 15.9. The molecule has 40 heavy (non-hydrogen) atoms. The van der Waals surface area contributed by atoms with Crippen molar-refractivity contribution in [3.63, 3.8) is 0 Å². The summed E-state index contributed by atoms with van der Waals surface area (Å²) in [6.07, 6.45) is 25.3. The molecule has 0 spiro atoms. The first-order valence-electron chi connectivity index (χ1n) is 17.7. The molecule has 230 valence electrons. The standard InChI is InChI=1S/C37H62IO2/c1-26(2)12-11-13-27(3)32-17-18-33-31-16-15-29-24-30(19-21-36(29,4)34(31)20-22-37(32,33)5)40-35(39)28-14-9-7-6-8-10-23-38-25-28/h15,26-28,30-34H,6-14,16-25H2,1-5H3/q-1/t27-,28?,30?,31+,32-,33+,34+,36+,37-/m1/s1. The summed E-state index contributed by atoms with van der Waals surface area (Å²) in [5, 5.41) is 0. The van der Waals surface area contributed by atoms with Gasteiger partial charge in [0, 0.05) is 0 Å². The molecular formula is C37H62IO2-. The van der Waals surface area contributed by atoms with Crippen LogP contribution in [0.1, 0.15) is 144 Å². The van der Waals surface area contributed by atoms with Crippen LogP contribution in [0.2, 0.25) is 0 Å². The number of allylic oxidation sites excluding steroid dienone is 1. The number of ether oxygens (including phenoxy) is 1. The van der Waals surface area contributed by atoms with Crippen LogP contribution in [-0.4, -0.2) is 20.9 Å². The first kappa shape index (κ1) is 31.4. The van der Waals surface area contributed by atoms with Crippen molar-refractivity contribution in [2.24, 2.45) is 52.3 Å². The average molecular weight is 666 g/mol. The van der Waals surface area contributed by atoms with Crippen LogP contribution in [0.5, 0.6) is 0 Å². The van der Waals surface area contributed by atoms with Crippen LogP contribution in [0.15, 0.2) is 11.6 Å². The predicted molar refractivity (Wildman–Crippen MR) is 164 cm³/mol. The quantitative estimate of drug-likeness (QED) is 0.127. The van der Waals surface area contributed by atoms with Gasteiger partial charge in [0.05, 0.1) is 0 Å². The van der Waals surface area contributed by atoms with Gasteiger partial charge in [0.25, 0.3) is 0 Å². The Balaban J connectivity index is 1.20. The number of esters is 1. The molecule has 0 aromatic carbocycles. The van der Waals surface area contributed by atoms with E-state index in [1.54, 1.807) is 5.57 Å². The summed E-state index contributed by atoms with van der Waals surface area (Å²) < 4.78 is 8.90. The maximum atomic E-state index is 13.3. The van der Waals surface area contributed by atoms with Gasteiger partial charge >= 0.3 is 188 Å². The predicted octanol–water partition coefficient (Wildman–Crippen LogP) is 7.00. The van der Waals surface area contributed by atoms with Gasteiger partial charge in [-0.3, -0.25) is 0 Å². The molecule has 0 radical (unpaired) electrons. The van der Waals surface area contributed by atoms with E-state index in [-0.39, 0.29) is 39.2 Å². The second-order valence-corrected chi connectivity index (χ2v) is 18.9. The van der Waals surface area contributed by atoms with E-state index in [9.17, 15) is 4.79 Å². The maximum absolute atomic E-state index is 13.3. The Morgan fingerprint density at radius 2 is 1.75 bits per heavy atom. The molecule has 0 aromatic heterocycles. The van der Waals surface area contributed by atoms with Gasteiger partial charge < -0.3 is 0 Å². The van der Waals surface area contributed by atoms with Gasteiger partial charge in [-0.05, 0) is 24.2 Å². The molecule has 0 N–H and O–H groups in total. The van der Waals surface area contributed by atoms with Gasteiger partial charge in [-0.15, -0.1) is 0 Å². The van der Waals surface area contributed by atoms with E-state index in [0.717, 1.165) is 59.2 Å². The molecule has 0 bridgehead atoms. The SMILES string of the molecule is CC(C)CCC[C@@H](C)[C@H]1CC[C@H]2[C@@H]3CC=C4CC(OC(=O)C5CCCCCCC[I-]C5)CC[C@]4(C)[C@H]3CC[C@]12C. The van der Waals surface area contributed by atoms with E-state index >= 15 is 0 Å². The van der Waals surface area contributed by atoms with E-state index in [1.165, 1.54) is 94.3 Å². The number of carbonyl (C=O) groups is 1. The van der Waals surface area contributed by atoms with E-state index in [0.29, 0.717) is 10.8 Å². The number of fused-ring (bicyclic) bond motifs is 5. The first-order valence-corrected chi connectivity index (χ1v) is 20.7. The van der Waals surface area contributed by atoms with Crippen molar-refractivity contribution in [3.05, 3.63) is 11.6 Å². The average Bonchev–Trinajstić information content (AvgIpc) is 3.29. The van der Waals surface area contributed by atoms with Crippen molar-refractivity contribution in [3.8, 4) is 0 Å². The van der Waals surface area contributed by atoms with Crippen molar-refractivity contribution in [1.82, 2.24) is 0 Å². The number of rotatable bonds is 7. The number of hydrogen-bond acceptors (Lipinski definition) is 2. The van der Waals surface area contributed by atoms with Crippen molar-refractivity contribution < 1.29 is 30.7 Å². The van der Waals surface area contributed by atoms with Gasteiger partial charge in [-0.1, -0.05) is 47.0 Å². The topological polar surface area (TPSA) is 26.3 Å². The Morgan fingerprint density at radius 1 is 0.950 bits per heavy atom. The molecule has 1 aliphatic heterocycles. The normalized spacial score (nSPS) is 41.5. The first-order chi connectivity index (χ1) is 19.2. The van der Waals surface area contributed by atoms with Crippen LogP contribution in [0.4, 0.5) is 0 Å². The molecule has 3 heteroatoms. The summed E-state index contributed by atoms with van der Waals surface area (Å²) in [4.78, 5) is 13.3. The Kier molecular flexibility index (Phi) is 10.8. The van der Waals surface area contributed by atoms with E-state index in [1.807, 2.05) is 0 Å².